The van der Waals surface area contributed by atoms with E-state index in [9.17, 15) is 5.11 Å². The Morgan fingerprint density at radius 2 is 1.77 bits per heavy atom. The monoisotopic (exact) mass is 321 g/mol. The molecule has 4 heteroatoms. The minimum absolute atomic E-state index is 0.0301. The van der Waals surface area contributed by atoms with Crippen molar-refractivity contribution in [2.24, 2.45) is 23.7 Å². The SMILES string of the molecule is COc1cc(CNC2C3CC4CC(C3)CC2C4)cc(Cl)c1O. The van der Waals surface area contributed by atoms with Gasteiger partial charge in [-0.1, -0.05) is 11.6 Å². The van der Waals surface area contributed by atoms with Gasteiger partial charge in [-0.05, 0) is 73.5 Å². The van der Waals surface area contributed by atoms with E-state index >= 15 is 0 Å². The number of ether oxygens (including phenoxy) is 1. The van der Waals surface area contributed by atoms with Gasteiger partial charge in [-0.2, -0.15) is 0 Å². The number of methoxy groups -OCH3 is 1. The first kappa shape index (κ1) is 14.6. The van der Waals surface area contributed by atoms with E-state index in [-0.39, 0.29) is 5.75 Å². The summed E-state index contributed by atoms with van der Waals surface area (Å²) in [4.78, 5) is 0. The molecule has 4 aliphatic rings. The third-order valence-electron chi connectivity index (χ3n) is 6.08. The summed E-state index contributed by atoms with van der Waals surface area (Å²) in [5.41, 5.74) is 1.08. The summed E-state index contributed by atoms with van der Waals surface area (Å²) in [5.74, 6) is 4.22. The van der Waals surface area contributed by atoms with E-state index in [0.717, 1.165) is 35.8 Å². The Balaban J connectivity index is 1.46. The van der Waals surface area contributed by atoms with Crippen LogP contribution >= 0.6 is 11.6 Å². The van der Waals surface area contributed by atoms with Crippen molar-refractivity contribution in [3.63, 3.8) is 0 Å². The topological polar surface area (TPSA) is 41.5 Å². The molecule has 120 valence electrons. The Hall–Kier alpha value is -0.930. The van der Waals surface area contributed by atoms with Gasteiger partial charge in [0.25, 0.3) is 0 Å². The standard InChI is InChI=1S/C18H24ClNO2/c1-22-16-8-12(7-15(19)18(16)21)9-20-17-13-3-10-2-11(5-13)6-14(17)4-10/h7-8,10-11,13-14,17,20-21H,2-6,9H2,1H3. The van der Waals surface area contributed by atoms with Crippen molar-refractivity contribution in [2.45, 2.75) is 44.7 Å². The van der Waals surface area contributed by atoms with Gasteiger partial charge >= 0.3 is 0 Å². The van der Waals surface area contributed by atoms with Crippen molar-refractivity contribution in [1.29, 1.82) is 0 Å². The van der Waals surface area contributed by atoms with Crippen LogP contribution in [0, 0.1) is 23.7 Å². The lowest BCUT2D eigenvalue weighted by molar-refractivity contribution is -0.0142. The van der Waals surface area contributed by atoms with Crippen LogP contribution in [0.25, 0.3) is 0 Å². The number of halogens is 1. The first-order valence-corrected chi connectivity index (χ1v) is 8.80. The molecule has 22 heavy (non-hydrogen) atoms. The van der Waals surface area contributed by atoms with Crippen LogP contribution in [0.1, 0.15) is 37.7 Å². The Morgan fingerprint density at radius 3 is 2.36 bits per heavy atom. The fraction of sp³-hybridized carbons (Fsp3) is 0.667. The molecule has 0 spiro atoms. The summed E-state index contributed by atoms with van der Waals surface area (Å²) in [7, 11) is 1.56. The quantitative estimate of drug-likeness (QED) is 0.881. The van der Waals surface area contributed by atoms with Crippen molar-refractivity contribution in [3.05, 3.63) is 22.7 Å². The van der Waals surface area contributed by atoms with Gasteiger partial charge in [0.2, 0.25) is 0 Å². The third kappa shape index (κ3) is 2.48. The Kier molecular flexibility index (Phi) is 3.74. The highest BCUT2D eigenvalue weighted by Crippen LogP contribution is 2.53. The van der Waals surface area contributed by atoms with Crippen molar-refractivity contribution in [1.82, 2.24) is 5.32 Å². The molecule has 4 aliphatic carbocycles. The Morgan fingerprint density at radius 1 is 1.14 bits per heavy atom. The molecular weight excluding hydrogens is 298 g/mol. The van der Waals surface area contributed by atoms with E-state index in [1.54, 1.807) is 7.11 Å². The number of rotatable bonds is 4. The van der Waals surface area contributed by atoms with Gasteiger partial charge < -0.3 is 15.2 Å². The van der Waals surface area contributed by atoms with E-state index in [1.165, 1.54) is 32.1 Å². The molecule has 0 aliphatic heterocycles. The first-order valence-electron chi connectivity index (χ1n) is 8.42. The Bertz CT molecular complexity index is 546. The summed E-state index contributed by atoms with van der Waals surface area (Å²) >= 11 is 6.08. The minimum Gasteiger partial charge on any atom is -0.503 e. The lowest BCUT2D eigenvalue weighted by Crippen LogP contribution is -2.54. The second-order valence-electron chi connectivity index (χ2n) is 7.47. The number of aromatic hydroxyl groups is 1. The van der Waals surface area contributed by atoms with Gasteiger partial charge in [-0.25, -0.2) is 0 Å². The van der Waals surface area contributed by atoms with Crippen LogP contribution in [0.3, 0.4) is 0 Å². The predicted molar refractivity (Wildman–Crippen MR) is 87.3 cm³/mol. The van der Waals surface area contributed by atoms with Crippen LogP contribution in [-0.4, -0.2) is 18.3 Å². The number of phenols is 1. The second-order valence-corrected chi connectivity index (χ2v) is 7.87. The zero-order chi connectivity index (χ0) is 15.3. The molecule has 4 saturated carbocycles. The Labute approximate surface area is 137 Å². The van der Waals surface area contributed by atoms with E-state index < -0.39 is 0 Å². The summed E-state index contributed by atoms with van der Waals surface area (Å²) in [5, 5.41) is 14.0. The largest absolute Gasteiger partial charge is 0.503 e. The highest BCUT2D eigenvalue weighted by molar-refractivity contribution is 6.32. The lowest BCUT2D eigenvalue weighted by atomic mass is 9.54. The molecule has 0 unspecified atom stereocenters. The molecule has 0 radical (unpaired) electrons. The molecule has 5 rings (SSSR count). The zero-order valence-electron chi connectivity index (χ0n) is 13.0. The van der Waals surface area contributed by atoms with Crippen LogP contribution in [0.2, 0.25) is 5.02 Å². The molecule has 1 aromatic carbocycles. The van der Waals surface area contributed by atoms with Gasteiger partial charge in [0, 0.05) is 12.6 Å². The normalized spacial score (nSPS) is 35.8. The molecule has 0 saturated heterocycles. The fourth-order valence-corrected chi connectivity index (χ4v) is 5.61. The third-order valence-corrected chi connectivity index (χ3v) is 6.36. The lowest BCUT2D eigenvalue weighted by Gasteiger charge is -2.54. The summed E-state index contributed by atoms with van der Waals surface area (Å²) < 4.78 is 5.19. The van der Waals surface area contributed by atoms with Gasteiger partial charge in [0.15, 0.2) is 11.5 Å². The molecule has 0 amide bonds. The second kappa shape index (κ2) is 5.61. The molecule has 4 bridgehead atoms. The average Bonchev–Trinajstić information content (AvgIpc) is 2.49. The van der Waals surface area contributed by atoms with Crippen molar-refractivity contribution in [2.75, 3.05) is 7.11 Å². The maximum absolute atomic E-state index is 9.83. The summed E-state index contributed by atoms with van der Waals surface area (Å²) in [6.07, 6.45) is 7.17. The number of hydrogen-bond donors (Lipinski definition) is 2. The molecule has 2 N–H and O–H groups in total. The number of nitrogens with one attached hydrogen (secondary N) is 1. The molecule has 3 nitrogen and oxygen atoms in total. The molecule has 0 heterocycles. The van der Waals surface area contributed by atoms with Crippen molar-refractivity contribution < 1.29 is 9.84 Å². The smallest absolute Gasteiger partial charge is 0.176 e. The van der Waals surface area contributed by atoms with E-state index in [0.29, 0.717) is 16.8 Å². The van der Waals surface area contributed by atoms with Crippen LogP contribution in [-0.2, 0) is 6.54 Å². The minimum atomic E-state index is 0.0301. The van der Waals surface area contributed by atoms with E-state index in [2.05, 4.69) is 5.32 Å². The zero-order valence-corrected chi connectivity index (χ0v) is 13.8. The van der Waals surface area contributed by atoms with Crippen LogP contribution in [0.15, 0.2) is 12.1 Å². The molecular formula is C18H24ClNO2. The molecule has 0 atom stereocenters. The van der Waals surface area contributed by atoms with Crippen LogP contribution in [0.5, 0.6) is 11.5 Å². The first-order chi connectivity index (χ1) is 10.6. The number of hydrogen-bond acceptors (Lipinski definition) is 3. The fourth-order valence-electron chi connectivity index (χ4n) is 5.38. The molecule has 0 aromatic heterocycles. The number of phenolic OH excluding ortho intramolecular Hbond substituents is 1. The van der Waals surface area contributed by atoms with Gasteiger partial charge in [-0.15, -0.1) is 0 Å². The van der Waals surface area contributed by atoms with Gasteiger partial charge in [0.05, 0.1) is 12.1 Å². The molecule has 1 aromatic rings. The van der Waals surface area contributed by atoms with Crippen LogP contribution < -0.4 is 10.1 Å². The maximum Gasteiger partial charge on any atom is 0.176 e. The maximum atomic E-state index is 9.83. The van der Waals surface area contributed by atoms with Gasteiger partial charge in [-0.3, -0.25) is 0 Å². The summed E-state index contributed by atoms with van der Waals surface area (Å²) in [6.45, 7) is 0.795. The van der Waals surface area contributed by atoms with Crippen molar-refractivity contribution >= 4 is 11.6 Å². The van der Waals surface area contributed by atoms with Crippen molar-refractivity contribution in [3.8, 4) is 11.5 Å². The van der Waals surface area contributed by atoms with E-state index in [4.69, 9.17) is 16.3 Å². The number of benzene rings is 1. The van der Waals surface area contributed by atoms with E-state index in [1.807, 2.05) is 12.1 Å². The highest BCUT2D eigenvalue weighted by atomic mass is 35.5. The molecule has 4 fully saturated rings. The average molecular weight is 322 g/mol. The van der Waals surface area contributed by atoms with Crippen LogP contribution in [0.4, 0.5) is 0 Å². The predicted octanol–water partition coefficient (Wildman–Crippen LogP) is 3.97. The summed E-state index contributed by atoms with van der Waals surface area (Å²) in [6, 6.07) is 4.37. The highest BCUT2D eigenvalue weighted by Gasteiger charge is 2.47. The van der Waals surface area contributed by atoms with Gasteiger partial charge in [0.1, 0.15) is 0 Å².